The summed E-state index contributed by atoms with van der Waals surface area (Å²) >= 11 is 0. The maximum Gasteiger partial charge on any atom is 0.338 e. The standard InChI is InChI=1S/C24H23NO3/c1-19(28-24(27)22-15-9-4-10-16-22)23(26)25(17-20-11-5-2-6-12-20)18-21-13-7-3-8-14-21/h2-16,19H,17-18H2,1H3/t19-/m1/s1. The van der Waals surface area contributed by atoms with E-state index in [4.69, 9.17) is 4.74 Å². The first-order chi connectivity index (χ1) is 13.6. The summed E-state index contributed by atoms with van der Waals surface area (Å²) in [5, 5.41) is 0. The number of amides is 1. The molecule has 142 valence electrons. The molecule has 0 saturated carbocycles. The van der Waals surface area contributed by atoms with Gasteiger partial charge in [0, 0.05) is 13.1 Å². The first-order valence-corrected chi connectivity index (χ1v) is 9.26. The molecule has 0 aliphatic carbocycles. The predicted octanol–water partition coefficient (Wildman–Crippen LogP) is 4.46. The van der Waals surface area contributed by atoms with E-state index in [1.165, 1.54) is 0 Å². The topological polar surface area (TPSA) is 46.6 Å². The van der Waals surface area contributed by atoms with Crippen molar-refractivity contribution >= 4 is 11.9 Å². The largest absolute Gasteiger partial charge is 0.449 e. The summed E-state index contributed by atoms with van der Waals surface area (Å²) in [5.41, 5.74) is 2.47. The molecule has 3 rings (SSSR count). The zero-order valence-electron chi connectivity index (χ0n) is 15.8. The number of hydrogen-bond donors (Lipinski definition) is 0. The average molecular weight is 373 g/mol. The molecule has 4 nitrogen and oxygen atoms in total. The molecule has 0 radical (unpaired) electrons. The monoisotopic (exact) mass is 373 g/mol. The van der Waals surface area contributed by atoms with Gasteiger partial charge >= 0.3 is 5.97 Å². The Labute approximate surface area is 165 Å². The van der Waals surface area contributed by atoms with Crippen molar-refractivity contribution in [3.05, 3.63) is 108 Å². The lowest BCUT2D eigenvalue weighted by molar-refractivity contribution is -0.141. The van der Waals surface area contributed by atoms with E-state index in [-0.39, 0.29) is 5.91 Å². The van der Waals surface area contributed by atoms with Crippen LogP contribution in [0.3, 0.4) is 0 Å². The Balaban J connectivity index is 1.74. The van der Waals surface area contributed by atoms with Gasteiger partial charge in [-0.25, -0.2) is 4.79 Å². The molecular weight excluding hydrogens is 350 g/mol. The normalized spacial score (nSPS) is 11.5. The van der Waals surface area contributed by atoms with Crippen molar-refractivity contribution < 1.29 is 14.3 Å². The second-order valence-electron chi connectivity index (χ2n) is 6.58. The molecule has 0 saturated heterocycles. The molecule has 0 unspecified atom stereocenters. The van der Waals surface area contributed by atoms with Crippen LogP contribution >= 0.6 is 0 Å². The van der Waals surface area contributed by atoms with Crippen molar-refractivity contribution in [3.8, 4) is 0 Å². The molecule has 4 heteroatoms. The lowest BCUT2D eigenvalue weighted by Gasteiger charge is -2.26. The van der Waals surface area contributed by atoms with Crippen LogP contribution in [0.4, 0.5) is 0 Å². The van der Waals surface area contributed by atoms with E-state index >= 15 is 0 Å². The highest BCUT2D eigenvalue weighted by molar-refractivity contribution is 5.92. The molecular formula is C24H23NO3. The van der Waals surface area contributed by atoms with Crippen LogP contribution in [0.1, 0.15) is 28.4 Å². The van der Waals surface area contributed by atoms with Crippen LogP contribution in [0.15, 0.2) is 91.0 Å². The van der Waals surface area contributed by atoms with Crippen molar-refractivity contribution in [1.29, 1.82) is 0 Å². The smallest absolute Gasteiger partial charge is 0.338 e. The van der Waals surface area contributed by atoms with E-state index in [1.54, 1.807) is 36.1 Å². The van der Waals surface area contributed by atoms with Crippen molar-refractivity contribution in [2.75, 3.05) is 0 Å². The maximum atomic E-state index is 13.1. The molecule has 28 heavy (non-hydrogen) atoms. The minimum atomic E-state index is -0.875. The Morgan fingerprint density at radius 1 is 0.750 bits per heavy atom. The predicted molar refractivity (Wildman–Crippen MR) is 108 cm³/mol. The van der Waals surface area contributed by atoms with Gasteiger partial charge in [0.05, 0.1) is 5.56 Å². The molecule has 0 aliphatic rings. The van der Waals surface area contributed by atoms with E-state index in [0.29, 0.717) is 18.7 Å². The lowest BCUT2D eigenvalue weighted by atomic mass is 10.1. The van der Waals surface area contributed by atoms with Gasteiger partial charge in [0.1, 0.15) is 0 Å². The van der Waals surface area contributed by atoms with Gasteiger partial charge in [-0.3, -0.25) is 4.79 Å². The number of benzene rings is 3. The van der Waals surface area contributed by atoms with Crippen LogP contribution in [-0.4, -0.2) is 22.9 Å². The van der Waals surface area contributed by atoms with Crippen LogP contribution in [0.5, 0.6) is 0 Å². The summed E-state index contributed by atoms with van der Waals surface area (Å²) in [6.07, 6.45) is -0.875. The van der Waals surface area contributed by atoms with E-state index in [1.807, 2.05) is 66.7 Å². The molecule has 0 heterocycles. The van der Waals surface area contributed by atoms with Crippen molar-refractivity contribution in [3.63, 3.8) is 0 Å². The number of rotatable bonds is 7. The fourth-order valence-electron chi connectivity index (χ4n) is 2.93. The summed E-state index contributed by atoms with van der Waals surface area (Å²) in [6, 6.07) is 28.3. The Morgan fingerprint density at radius 2 is 1.18 bits per heavy atom. The first-order valence-electron chi connectivity index (χ1n) is 9.26. The number of hydrogen-bond acceptors (Lipinski definition) is 3. The maximum absolute atomic E-state index is 13.1. The highest BCUT2D eigenvalue weighted by Crippen LogP contribution is 2.14. The third kappa shape index (κ3) is 5.30. The Morgan fingerprint density at radius 3 is 1.64 bits per heavy atom. The van der Waals surface area contributed by atoms with E-state index in [9.17, 15) is 9.59 Å². The summed E-state index contributed by atoms with van der Waals surface area (Å²) < 4.78 is 5.42. The zero-order valence-corrected chi connectivity index (χ0v) is 15.8. The molecule has 0 bridgehead atoms. The molecule has 1 amide bonds. The minimum absolute atomic E-state index is 0.225. The Bertz CT molecular complexity index is 853. The SMILES string of the molecule is C[C@@H](OC(=O)c1ccccc1)C(=O)N(Cc1ccccc1)Cc1ccccc1. The first kappa shape index (κ1) is 19.4. The van der Waals surface area contributed by atoms with Crippen LogP contribution in [-0.2, 0) is 22.6 Å². The molecule has 3 aromatic carbocycles. The summed E-state index contributed by atoms with van der Waals surface area (Å²) in [4.78, 5) is 27.1. The Kier molecular flexibility index (Phi) is 6.58. The van der Waals surface area contributed by atoms with Gasteiger partial charge in [0.2, 0.25) is 0 Å². The van der Waals surface area contributed by atoms with E-state index in [0.717, 1.165) is 11.1 Å². The van der Waals surface area contributed by atoms with Crippen LogP contribution in [0.2, 0.25) is 0 Å². The van der Waals surface area contributed by atoms with Crippen LogP contribution in [0.25, 0.3) is 0 Å². The fourth-order valence-corrected chi connectivity index (χ4v) is 2.93. The van der Waals surface area contributed by atoms with Gasteiger partial charge in [-0.1, -0.05) is 78.9 Å². The molecule has 0 fully saturated rings. The summed E-state index contributed by atoms with van der Waals surface area (Å²) in [7, 11) is 0. The highest BCUT2D eigenvalue weighted by atomic mass is 16.5. The number of ether oxygens (including phenoxy) is 1. The van der Waals surface area contributed by atoms with Crippen LogP contribution in [0, 0.1) is 0 Å². The van der Waals surface area contributed by atoms with Gasteiger partial charge in [-0.05, 0) is 30.2 Å². The average Bonchev–Trinajstić information content (AvgIpc) is 2.75. The molecule has 3 aromatic rings. The third-order valence-corrected chi connectivity index (χ3v) is 4.39. The summed E-state index contributed by atoms with van der Waals surface area (Å²) in [6.45, 7) is 2.51. The van der Waals surface area contributed by atoms with Gasteiger partial charge in [0.25, 0.3) is 5.91 Å². The number of nitrogens with zero attached hydrogens (tertiary/aromatic N) is 1. The summed E-state index contributed by atoms with van der Waals surface area (Å²) in [5.74, 6) is -0.724. The van der Waals surface area contributed by atoms with Gasteiger partial charge in [-0.15, -0.1) is 0 Å². The molecule has 0 spiro atoms. The number of esters is 1. The molecule has 0 aromatic heterocycles. The highest BCUT2D eigenvalue weighted by Gasteiger charge is 2.24. The third-order valence-electron chi connectivity index (χ3n) is 4.39. The van der Waals surface area contributed by atoms with Crippen molar-refractivity contribution in [2.24, 2.45) is 0 Å². The molecule has 0 N–H and O–H groups in total. The van der Waals surface area contributed by atoms with Gasteiger partial charge in [-0.2, -0.15) is 0 Å². The molecule has 0 aliphatic heterocycles. The number of carbonyl (C=O) groups is 2. The molecule has 1 atom stereocenters. The van der Waals surface area contributed by atoms with Crippen LogP contribution < -0.4 is 0 Å². The minimum Gasteiger partial charge on any atom is -0.449 e. The zero-order chi connectivity index (χ0) is 19.8. The second kappa shape index (κ2) is 9.51. The quantitative estimate of drug-likeness (QED) is 0.575. The van der Waals surface area contributed by atoms with E-state index in [2.05, 4.69) is 0 Å². The van der Waals surface area contributed by atoms with E-state index < -0.39 is 12.1 Å². The number of carbonyl (C=O) groups excluding carboxylic acids is 2. The lowest BCUT2D eigenvalue weighted by Crippen LogP contribution is -2.39. The fraction of sp³-hybridized carbons (Fsp3) is 0.167. The second-order valence-corrected chi connectivity index (χ2v) is 6.58. The van der Waals surface area contributed by atoms with Crippen molar-refractivity contribution in [2.45, 2.75) is 26.1 Å². The Hall–Kier alpha value is -3.40. The van der Waals surface area contributed by atoms with Crippen molar-refractivity contribution in [1.82, 2.24) is 4.90 Å². The van der Waals surface area contributed by atoms with Gasteiger partial charge in [0.15, 0.2) is 6.10 Å². The van der Waals surface area contributed by atoms with Gasteiger partial charge < -0.3 is 9.64 Å².